The first-order valence-electron chi connectivity index (χ1n) is 6.94. The van der Waals surface area contributed by atoms with Gasteiger partial charge in [-0.15, -0.1) is 0 Å². The summed E-state index contributed by atoms with van der Waals surface area (Å²) >= 11 is 0. The van der Waals surface area contributed by atoms with Crippen molar-refractivity contribution in [3.63, 3.8) is 0 Å². The van der Waals surface area contributed by atoms with Gasteiger partial charge in [0.1, 0.15) is 5.25 Å². The van der Waals surface area contributed by atoms with Crippen LogP contribution in [0.2, 0.25) is 0 Å². The summed E-state index contributed by atoms with van der Waals surface area (Å²) in [6.07, 6.45) is 5.69. The molecule has 0 aromatic heterocycles. The molecule has 4 nitrogen and oxygen atoms in total. The highest BCUT2D eigenvalue weighted by Gasteiger charge is 2.56. The van der Waals surface area contributed by atoms with Crippen molar-refractivity contribution in [3.05, 3.63) is 0 Å². The lowest BCUT2D eigenvalue weighted by Crippen LogP contribution is -2.55. The minimum absolute atomic E-state index is 0.246. The number of aliphatic hydroxyl groups excluding tert-OH is 1. The molecular weight excluding hydrogens is 252 g/mol. The first-order valence-corrected chi connectivity index (χ1v) is 8.45. The minimum Gasteiger partial charge on any atom is -0.391 e. The minimum atomic E-state index is -4.15. The fourth-order valence-electron chi connectivity index (χ4n) is 5.20. The molecule has 2 N–H and O–H groups in total. The molecule has 4 aliphatic carbocycles. The van der Waals surface area contributed by atoms with Gasteiger partial charge in [0, 0.05) is 0 Å². The SMILES string of the molecule is C[C@H]([C@@H](O)C12CC3CC(CC(C3)C1)C2)S(=O)(=O)O. The van der Waals surface area contributed by atoms with Gasteiger partial charge in [-0.05, 0) is 68.6 Å². The van der Waals surface area contributed by atoms with Crippen LogP contribution >= 0.6 is 0 Å². The van der Waals surface area contributed by atoms with E-state index < -0.39 is 21.5 Å². The summed E-state index contributed by atoms with van der Waals surface area (Å²) in [5.41, 5.74) is -0.246. The smallest absolute Gasteiger partial charge is 0.270 e. The van der Waals surface area contributed by atoms with Gasteiger partial charge in [-0.1, -0.05) is 0 Å². The predicted molar refractivity (Wildman–Crippen MR) is 67.6 cm³/mol. The second kappa shape index (κ2) is 3.93. The van der Waals surface area contributed by atoms with Gasteiger partial charge in [0.25, 0.3) is 10.1 Å². The van der Waals surface area contributed by atoms with Gasteiger partial charge in [0.2, 0.25) is 0 Å². The molecule has 5 heteroatoms. The zero-order valence-corrected chi connectivity index (χ0v) is 11.6. The highest BCUT2D eigenvalue weighted by Crippen LogP contribution is 2.61. The van der Waals surface area contributed by atoms with Crippen molar-refractivity contribution in [2.24, 2.45) is 23.2 Å². The molecule has 0 amide bonds. The van der Waals surface area contributed by atoms with Crippen molar-refractivity contribution in [2.75, 3.05) is 0 Å². The number of hydrogen-bond acceptors (Lipinski definition) is 3. The highest BCUT2D eigenvalue weighted by atomic mass is 32.2. The van der Waals surface area contributed by atoms with Gasteiger partial charge in [-0.25, -0.2) is 0 Å². The Labute approximate surface area is 109 Å². The van der Waals surface area contributed by atoms with E-state index in [1.54, 1.807) is 0 Å². The van der Waals surface area contributed by atoms with Crippen LogP contribution in [0.4, 0.5) is 0 Å². The van der Waals surface area contributed by atoms with Crippen LogP contribution in [0.25, 0.3) is 0 Å². The van der Waals surface area contributed by atoms with Crippen LogP contribution in [0.1, 0.15) is 45.4 Å². The van der Waals surface area contributed by atoms with Crippen molar-refractivity contribution in [3.8, 4) is 0 Å². The summed E-state index contributed by atoms with van der Waals surface area (Å²) in [4.78, 5) is 0. The lowest BCUT2D eigenvalue weighted by molar-refractivity contribution is -0.119. The van der Waals surface area contributed by atoms with Gasteiger partial charge in [-0.2, -0.15) is 8.42 Å². The van der Waals surface area contributed by atoms with E-state index in [0.29, 0.717) is 17.8 Å². The number of hydrogen-bond donors (Lipinski definition) is 2. The van der Waals surface area contributed by atoms with E-state index in [0.717, 1.165) is 19.3 Å². The largest absolute Gasteiger partial charge is 0.391 e. The molecule has 0 heterocycles. The van der Waals surface area contributed by atoms with Gasteiger partial charge in [0.05, 0.1) is 6.10 Å². The summed E-state index contributed by atoms with van der Waals surface area (Å²) in [5, 5.41) is 9.42. The van der Waals surface area contributed by atoms with Crippen molar-refractivity contribution < 1.29 is 18.1 Å². The van der Waals surface area contributed by atoms with Crippen molar-refractivity contribution in [1.29, 1.82) is 0 Å². The molecule has 0 aromatic carbocycles. The Balaban J connectivity index is 1.87. The van der Waals surface area contributed by atoms with Gasteiger partial charge in [-0.3, -0.25) is 4.55 Å². The third-order valence-corrected chi connectivity index (χ3v) is 6.82. The van der Waals surface area contributed by atoms with Crippen LogP contribution in [-0.4, -0.2) is 29.4 Å². The van der Waals surface area contributed by atoms with E-state index in [1.807, 2.05) is 0 Å². The van der Waals surface area contributed by atoms with Crippen LogP contribution < -0.4 is 0 Å². The lowest BCUT2D eigenvalue weighted by atomic mass is 9.48. The molecule has 0 unspecified atom stereocenters. The van der Waals surface area contributed by atoms with Gasteiger partial charge >= 0.3 is 0 Å². The molecule has 0 aromatic rings. The highest BCUT2D eigenvalue weighted by molar-refractivity contribution is 7.86. The van der Waals surface area contributed by atoms with E-state index >= 15 is 0 Å². The van der Waals surface area contributed by atoms with E-state index in [1.165, 1.54) is 26.2 Å². The average Bonchev–Trinajstić information content (AvgIpc) is 2.23. The second-order valence-electron chi connectivity index (χ2n) is 6.94. The standard InChI is InChI=1S/C13H22O4S/c1-8(18(15,16)17)12(14)13-5-9-2-10(6-13)4-11(3-9)7-13/h8-12,14H,2-7H2,1H3,(H,15,16,17)/t8-,9?,10?,11?,12-,13?/m1/s1. The quantitative estimate of drug-likeness (QED) is 0.770. The van der Waals surface area contributed by atoms with E-state index in [2.05, 4.69) is 0 Å². The fraction of sp³-hybridized carbons (Fsp3) is 1.00. The Hall–Kier alpha value is -0.130. The molecular formula is C13H22O4S. The molecule has 104 valence electrons. The zero-order valence-electron chi connectivity index (χ0n) is 10.7. The van der Waals surface area contributed by atoms with Crippen LogP contribution in [0, 0.1) is 23.2 Å². The van der Waals surface area contributed by atoms with Crippen molar-refractivity contribution >= 4 is 10.1 Å². The van der Waals surface area contributed by atoms with E-state index in [-0.39, 0.29) is 5.41 Å². The van der Waals surface area contributed by atoms with Crippen LogP contribution in [-0.2, 0) is 10.1 Å². The molecule has 18 heavy (non-hydrogen) atoms. The molecule has 0 aliphatic heterocycles. The summed E-state index contributed by atoms with van der Waals surface area (Å²) in [7, 11) is -4.15. The third kappa shape index (κ3) is 1.91. The zero-order chi connectivity index (χ0) is 13.1. The Kier molecular flexibility index (Phi) is 2.81. The van der Waals surface area contributed by atoms with Crippen molar-refractivity contribution in [1.82, 2.24) is 0 Å². The van der Waals surface area contributed by atoms with Gasteiger partial charge in [0.15, 0.2) is 0 Å². The summed E-state index contributed by atoms with van der Waals surface area (Å²) in [5.74, 6) is 2.00. The first kappa shape index (κ1) is 12.9. The third-order valence-electron chi connectivity index (χ3n) is 5.63. The molecule has 4 fully saturated rings. The van der Waals surface area contributed by atoms with Gasteiger partial charge < -0.3 is 5.11 Å². The maximum Gasteiger partial charge on any atom is 0.270 e. The molecule has 0 radical (unpaired) electrons. The first-order chi connectivity index (χ1) is 8.30. The van der Waals surface area contributed by atoms with Crippen molar-refractivity contribution in [2.45, 2.75) is 56.8 Å². The predicted octanol–water partition coefficient (Wildman–Crippen LogP) is 1.84. The Bertz CT molecular complexity index is 407. The summed E-state index contributed by atoms with van der Waals surface area (Å²) < 4.78 is 31.7. The van der Waals surface area contributed by atoms with Crippen LogP contribution in [0.5, 0.6) is 0 Å². The molecule has 0 saturated heterocycles. The Morgan fingerprint density at radius 1 is 1.06 bits per heavy atom. The second-order valence-corrected chi connectivity index (χ2v) is 8.72. The average molecular weight is 274 g/mol. The summed E-state index contributed by atoms with van der Waals surface area (Å²) in [6.45, 7) is 1.43. The maximum absolute atomic E-state index is 11.3. The summed E-state index contributed by atoms with van der Waals surface area (Å²) in [6, 6.07) is 0. The monoisotopic (exact) mass is 274 g/mol. The van der Waals surface area contributed by atoms with E-state index in [4.69, 9.17) is 0 Å². The van der Waals surface area contributed by atoms with E-state index in [9.17, 15) is 18.1 Å². The maximum atomic E-state index is 11.3. The molecule has 0 spiro atoms. The Morgan fingerprint density at radius 3 is 1.78 bits per heavy atom. The molecule has 2 atom stereocenters. The normalized spacial score (nSPS) is 46.1. The Morgan fingerprint density at radius 2 is 1.44 bits per heavy atom. The molecule has 4 aliphatic rings. The molecule has 4 rings (SSSR count). The molecule has 4 saturated carbocycles. The fourth-order valence-corrected chi connectivity index (χ4v) is 5.82. The number of rotatable bonds is 3. The van der Waals surface area contributed by atoms with Crippen LogP contribution in [0.15, 0.2) is 0 Å². The molecule has 4 bridgehead atoms. The topological polar surface area (TPSA) is 74.6 Å². The number of aliphatic hydroxyl groups is 1. The van der Waals surface area contributed by atoms with Crippen LogP contribution in [0.3, 0.4) is 0 Å². The lowest BCUT2D eigenvalue weighted by Gasteiger charge is -2.58.